The largest absolute Gasteiger partial charge is 0.505 e. The van der Waals surface area contributed by atoms with Crippen molar-refractivity contribution in [3.63, 3.8) is 0 Å². The Kier molecular flexibility index (Phi) is 7.37. The Bertz CT molecular complexity index is 1690. The van der Waals surface area contributed by atoms with E-state index in [9.17, 15) is 22.9 Å². The molecule has 4 rings (SSSR count). The molecule has 190 valence electrons. The van der Waals surface area contributed by atoms with E-state index in [1.165, 1.54) is 19.2 Å². The van der Waals surface area contributed by atoms with Crippen molar-refractivity contribution in [3.05, 3.63) is 81.8 Å². The second kappa shape index (κ2) is 10.3. The van der Waals surface area contributed by atoms with Gasteiger partial charge in [-0.15, -0.1) is 10.2 Å². The molecule has 0 saturated carbocycles. The maximum atomic E-state index is 13.2. The van der Waals surface area contributed by atoms with Crippen molar-refractivity contribution in [2.75, 3.05) is 12.4 Å². The molecule has 0 bridgehead atoms. The molecule has 0 fully saturated rings. The number of azo groups is 1. The second-order valence-corrected chi connectivity index (χ2v) is 10.1. The van der Waals surface area contributed by atoms with Gasteiger partial charge in [0.2, 0.25) is 0 Å². The molecule has 0 unspecified atom stereocenters. The van der Waals surface area contributed by atoms with Crippen LogP contribution < -0.4 is 10.1 Å². The van der Waals surface area contributed by atoms with E-state index in [0.29, 0.717) is 16.3 Å². The number of hydrogen-bond donors (Lipinski definition) is 3. The SMILES string of the molecule is COc1c(Cl)cccc1NC(=O)c1cc2ccccc2c(N=Nc2cc(Cl)c(C)cc2S(=O)(=O)O)c1O. The molecule has 0 aliphatic rings. The normalized spacial score (nSPS) is 11.7. The lowest BCUT2D eigenvalue weighted by molar-refractivity contribution is 0.102. The molecule has 0 atom stereocenters. The van der Waals surface area contributed by atoms with Crippen LogP contribution in [-0.2, 0) is 10.1 Å². The molecule has 0 heterocycles. The van der Waals surface area contributed by atoms with E-state index >= 15 is 0 Å². The first-order valence-corrected chi connectivity index (χ1v) is 12.8. The van der Waals surface area contributed by atoms with E-state index in [-0.39, 0.29) is 38.4 Å². The number of nitrogens with zero attached hydrogens (tertiary/aromatic N) is 2. The van der Waals surface area contributed by atoms with E-state index in [1.54, 1.807) is 49.4 Å². The highest BCUT2D eigenvalue weighted by Crippen LogP contribution is 2.41. The van der Waals surface area contributed by atoms with Crippen molar-refractivity contribution in [2.24, 2.45) is 10.2 Å². The number of rotatable bonds is 6. The van der Waals surface area contributed by atoms with Crippen LogP contribution in [0.5, 0.6) is 11.5 Å². The van der Waals surface area contributed by atoms with Crippen LogP contribution in [0.25, 0.3) is 10.8 Å². The van der Waals surface area contributed by atoms with Gasteiger partial charge >= 0.3 is 0 Å². The predicted molar refractivity (Wildman–Crippen MR) is 142 cm³/mol. The summed E-state index contributed by atoms with van der Waals surface area (Å²) in [5.74, 6) is -0.948. The lowest BCUT2D eigenvalue weighted by atomic mass is 10.0. The highest BCUT2D eigenvalue weighted by molar-refractivity contribution is 7.86. The van der Waals surface area contributed by atoms with Gasteiger partial charge < -0.3 is 15.2 Å². The molecule has 0 spiro atoms. The number of aryl methyl sites for hydroxylation is 1. The lowest BCUT2D eigenvalue weighted by Crippen LogP contribution is -2.13. The summed E-state index contributed by atoms with van der Waals surface area (Å²) in [6.45, 7) is 1.56. The maximum absolute atomic E-state index is 13.2. The summed E-state index contributed by atoms with van der Waals surface area (Å²) < 4.78 is 38.7. The summed E-state index contributed by atoms with van der Waals surface area (Å²) in [5.41, 5.74) is 0.200. The molecule has 12 heteroatoms. The summed E-state index contributed by atoms with van der Waals surface area (Å²) in [6.07, 6.45) is 0. The molecule has 4 aromatic rings. The summed E-state index contributed by atoms with van der Waals surface area (Å²) in [4.78, 5) is 12.7. The van der Waals surface area contributed by atoms with Crippen LogP contribution in [-0.4, -0.2) is 31.1 Å². The van der Waals surface area contributed by atoms with Gasteiger partial charge in [-0.1, -0.05) is 53.5 Å². The van der Waals surface area contributed by atoms with Crippen molar-refractivity contribution in [1.82, 2.24) is 0 Å². The molecule has 3 N–H and O–H groups in total. The molecule has 0 saturated heterocycles. The van der Waals surface area contributed by atoms with Gasteiger partial charge in [-0.3, -0.25) is 9.35 Å². The fraction of sp³-hybridized carbons (Fsp3) is 0.0800. The van der Waals surface area contributed by atoms with E-state index in [0.717, 1.165) is 6.07 Å². The third kappa shape index (κ3) is 5.37. The van der Waals surface area contributed by atoms with Crippen LogP contribution in [0.1, 0.15) is 15.9 Å². The number of methoxy groups -OCH3 is 1. The number of carbonyl (C=O) groups excluding carboxylic acids is 1. The highest BCUT2D eigenvalue weighted by atomic mass is 35.5. The number of fused-ring (bicyclic) bond motifs is 1. The van der Waals surface area contributed by atoms with Crippen molar-refractivity contribution in [3.8, 4) is 11.5 Å². The summed E-state index contributed by atoms with van der Waals surface area (Å²) >= 11 is 12.3. The number of amides is 1. The van der Waals surface area contributed by atoms with Crippen molar-refractivity contribution < 1.29 is 27.6 Å². The van der Waals surface area contributed by atoms with Crippen LogP contribution in [0.4, 0.5) is 17.1 Å². The first kappa shape index (κ1) is 26.4. The van der Waals surface area contributed by atoms with Crippen molar-refractivity contribution in [1.29, 1.82) is 0 Å². The zero-order chi connectivity index (χ0) is 26.9. The van der Waals surface area contributed by atoms with Gasteiger partial charge in [-0.2, -0.15) is 8.42 Å². The number of benzene rings is 4. The minimum absolute atomic E-state index is 0.0979. The molecule has 4 aromatic carbocycles. The fourth-order valence-corrected chi connectivity index (χ4v) is 4.73. The number of para-hydroxylation sites is 1. The first-order valence-electron chi connectivity index (χ1n) is 10.6. The molecule has 9 nitrogen and oxygen atoms in total. The van der Waals surface area contributed by atoms with Crippen LogP contribution >= 0.6 is 23.2 Å². The topological polar surface area (TPSA) is 138 Å². The van der Waals surface area contributed by atoms with Crippen molar-refractivity contribution >= 4 is 67.1 Å². The maximum Gasteiger partial charge on any atom is 0.296 e. The molecule has 0 aliphatic heterocycles. The zero-order valence-corrected chi connectivity index (χ0v) is 21.7. The molecular formula is C25H19Cl2N3O6S. The Morgan fingerprint density at radius 3 is 2.43 bits per heavy atom. The number of ether oxygens (including phenoxy) is 1. The van der Waals surface area contributed by atoms with E-state index in [4.69, 9.17) is 27.9 Å². The van der Waals surface area contributed by atoms with Gasteiger partial charge in [0.15, 0.2) is 11.5 Å². The number of aromatic hydroxyl groups is 1. The first-order chi connectivity index (χ1) is 17.5. The Morgan fingerprint density at radius 2 is 1.73 bits per heavy atom. The van der Waals surface area contributed by atoms with Gasteiger partial charge in [0, 0.05) is 10.4 Å². The van der Waals surface area contributed by atoms with Crippen molar-refractivity contribution in [2.45, 2.75) is 11.8 Å². The number of nitrogens with one attached hydrogen (secondary N) is 1. The smallest absolute Gasteiger partial charge is 0.296 e. The quantitative estimate of drug-likeness (QED) is 0.170. The average molecular weight is 560 g/mol. The van der Waals surface area contributed by atoms with Crippen LogP contribution in [0, 0.1) is 6.92 Å². The van der Waals surface area contributed by atoms with Crippen LogP contribution in [0.2, 0.25) is 10.0 Å². The fourth-order valence-electron chi connectivity index (χ4n) is 3.63. The Morgan fingerprint density at radius 1 is 1.00 bits per heavy atom. The number of phenols is 1. The molecule has 0 radical (unpaired) electrons. The summed E-state index contributed by atoms with van der Waals surface area (Å²) in [7, 11) is -3.25. The molecular weight excluding hydrogens is 541 g/mol. The van der Waals surface area contributed by atoms with Gasteiger partial charge in [0.1, 0.15) is 16.3 Å². The van der Waals surface area contributed by atoms with Gasteiger partial charge in [-0.05, 0) is 48.2 Å². The van der Waals surface area contributed by atoms with E-state index in [1.807, 2.05) is 0 Å². The minimum atomic E-state index is -4.66. The average Bonchev–Trinajstić information content (AvgIpc) is 2.84. The standard InChI is InChI=1S/C25H19Cl2N3O6S/c1-13-10-21(37(33,34)35)20(12-18(13)27)29-30-22-15-7-4-3-6-14(15)11-16(23(22)31)25(32)28-19-9-5-8-17(26)24(19)36-2/h3-12,31H,1-2H3,(H,28,32)(H,33,34,35). The van der Waals surface area contributed by atoms with E-state index in [2.05, 4.69) is 15.5 Å². The molecule has 37 heavy (non-hydrogen) atoms. The molecule has 1 amide bonds. The number of anilines is 1. The van der Waals surface area contributed by atoms with Gasteiger partial charge in [0.05, 0.1) is 23.4 Å². The number of carbonyl (C=O) groups is 1. The highest BCUT2D eigenvalue weighted by Gasteiger charge is 2.21. The Labute approximate surface area is 222 Å². The number of phenolic OH excluding ortho intramolecular Hbond substituents is 1. The van der Waals surface area contributed by atoms with Crippen LogP contribution in [0.3, 0.4) is 0 Å². The monoisotopic (exact) mass is 559 g/mol. The zero-order valence-electron chi connectivity index (χ0n) is 19.4. The number of hydrogen-bond acceptors (Lipinski definition) is 7. The predicted octanol–water partition coefficient (Wildman–Crippen LogP) is 7.08. The van der Waals surface area contributed by atoms with E-state index < -0.39 is 26.7 Å². The number of halogens is 2. The second-order valence-electron chi connectivity index (χ2n) is 7.86. The minimum Gasteiger partial charge on any atom is -0.505 e. The molecule has 0 aromatic heterocycles. The van der Waals surface area contributed by atoms with Gasteiger partial charge in [-0.25, -0.2) is 0 Å². The third-order valence-electron chi connectivity index (χ3n) is 5.43. The van der Waals surface area contributed by atoms with Crippen LogP contribution in [0.15, 0.2) is 75.8 Å². The Balaban J connectivity index is 1.85. The lowest BCUT2D eigenvalue weighted by Gasteiger charge is -2.14. The summed E-state index contributed by atoms with van der Waals surface area (Å²) in [6, 6.07) is 15.5. The summed E-state index contributed by atoms with van der Waals surface area (Å²) in [5, 5.41) is 23.2. The molecule has 0 aliphatic carbocycles. The van der Waals surface area contributed by atoms with Gasteiger partial charge in [0.25, 0.3) is 16.0 Å². The Hall–Kier alpha value is -3.70. The third-order valence-corrected chi connectivity index (χ3v) is 7.02.